The molecular weight excluding hydrogens is 522 g/mol. The van der Waals surface area contributed by atoms with Crippen LogP contribution in [0.5, 0.6) is 0 Å². The summed E-state index contributed by atoms with van der Waals surface area (Å²) in [4.78, 5) is 53.0. The molecule has 5 aromatic rings. The zero-order valence-corrected chi connectivity index (χ0v) is 22.2. The molecule has 0 spiro atoms. The summed E-state index contributed by atoms with van der Waals surface area (Å²) < 4.78 is 2.23. The molecule has 0 radical (unpaired) electrons. The number of aromatic nitrogens is 5. The number of aromatic carboxylic acids is 1. The molecule has 11 heteroatoms. The van der Waals surface area contributed by atoms with E-state index in [2.05, 4.69) is 24.8 Å². The van der Waals surface area contributed by atoms with Gasteiger partial charge in [0.15, 0.2) is 0 Å². The number of pyridine rings is 1. The second-order valence-electron chi connectivity index (χ2n) is 10.4. The number of amides is 2. The van der Waals surface area contributed by atoms with Crippen LogP contribution in [0.15, 0.2) is 61.1 Å². The molecule has 2 aromatic carbocycles. The Hall–Kier alpha value is -5.06. The highest BCUT2D eigenvalue weighted by molar-refractivity contribution is 5.98. The number of benzene rings is 2. The summed E-state index contributed by atoms with van der Waals surface area (Å²) in [6, 6.07) is 13.6. The van der Waals surface area contributed by atoms with Crippen molar-refractivity contribution in [3.8, 4) is 11.4 Å². The number of primary amides is 1. The highest BCUT2D eigenvalue weighted by Crippen LogP contribution is 2.36. The number of carbonyl (C=O) groups excluding carboxylic acids is 2. The van der Waals surface area contributed by atoms with Gasteiger partial charge in [-0.15, -0.1) is 0 Å². The van der Waals surface area contributed by atoms with Crippen molar-refractivity contribution in [3.63, 3.8) is 0 Å². The zero-order valence-electron chi connectivity index (χ0n) is 22.2. The van der Waals surface area contributed by atoms with Crippen LogP contribution in [0.1, 0.15) is 64.7 Å². The summed E-state index contributed by atoms with van der Waals surface area (Å²) in [5.74, 6) is -1.44. The van der Waals surface area contributed by atoms with E-state index in [-0.39, 0.29) is 23.7 Å². The second kappa shape index (κ2) is 10.8. The number of fused-ring (bicyclic) bond motifs is 2. The monoisotopic (exact) mass is 551 g/mol. The van der Waals surface area contributed by atoms with Crippen LogP contribution in [-0.2, 0) is 11.2 Å². The zero-order chi connectivity index (χ0) is 28.5. The molecule has 1 fully saturated rings. The number of H-pyrrole nitrogens is 1. The van der Waals surface area contributed by atoms with Gasteiger partial charge in [-0.2, -0.15) is 0 Å². The lowest BCUT2D eigenvalue weighted by Gasteiger charge is -2.25. The molecule has 5 N–H and O–H groups in total. The standard InChI is InChI=1S/C30H29N7O4/c31-27(38)25(14-20-15-32-16-33-20)36-29(39)22-10-8-17-6-7-18(12-23(17)34-22)28-35-24-13-19(30(40)41)9-11-26(24)37(28)21-4-2-1-3-5-21/h6-13,15-16,21,25H,1-5,14H2,(H2,31,38)(H,32,33)(H,36,39)(H,40,41)/t25-/m0/s1. The molecular formula is C30H29N7O4. The number of nitrogens with zero attached hydrogens (tertiary/aromatic N) is 4. The average Bonchev–Trinajstić information content (AvgIpc) is 3.64. The van der Waals surface area contributed by atoms with Gasteiger partial charge in [0.1, 0.15) is 17.6 Å². The van der Waals surface area contributed by atoms with Crippen molar-refractivity contribution < 1.29 is 19.5 Å². The molecule has 1 aliphatic rings. The lowest BCUT2D eigenvalue weighted by Crippen LogP contribution is -2.46. The molecule has 0 saturated heterocycles. The molecule has 0 bridgehead atoms. The van der Waals surface area contributed by atoms with Gasteiger partial charge in [-0.25, -0.2) is 19.7 Å². The summed E-state index contributed by atoms with van der Waals surface area (Å²) >= 11 is 0. The molecule has 3 aromatic heterocycles. The third-order valence-corrected chi connectivity index (χ3v) is 7.69. The van der Waals surface area contributed by atoms with Gasteiger partial charge in [-0.3, -0.25) is 9.59 Å². The number of nitrogens with one attached hydrogen (secondary N) is 2. The first-order valence-corrected chi connectivity index (χ1v) is 13.6. The number of hydrogen-bond acceptors (Lipinski definition) is 6. The SMILES string of the molecule is NC(=O)[C@H](Cc1cnc[nH]1)NC(=O)c1ccc2ccc(-c3nc4cc(C(=O)O)ccc4n3C3CCCCC3)cc2n1. The van der Waals surface area contributed by atoms with Crippen LogP contribution in [0.2, 0.25) is 0 Å². The van der Waals surface area contributed by atoms with Crippen molar-refractivity contribution in [2.24, 2.45) is 5.73 Å². The number of carbonyl (C=O) groups is 3. The number of nitrogens with two attached hydrogens (primary N) is 1. The summed E-state index contributed by atoms with van der Waals surface area (Å²) in [5, 5.41) is 13.0. The van der Waals surface area contributed by atoms with E-state index in [0.717, 1.165) is 48.0 Å². The quantitative estimate of drug-likeness (QED) is 0.226. The van der Waals surface area contributed by atoms with Crippen molar-refractivity contribution in [1.29, 1.82) is 0 Å². The first-order valence-electron chi connectivity index (χ1n) is 13.6. The van der Waals surface area contributed by atoms with Crippen molar-refractivity contribution >= 4 is 39.7 Å². The van der Waals surface area contributed by atoms with Crippen LogP contribution in [-0.4, -0.2) is 53.4 Å². The Bertz CT molecular complexity index is 1770. The van der Waals surface area contributed by atoms with E-state index >= 15 is 0 Å². The Kier molecular flexibility index (Phi) is 6.92. The smallest absolute Gasteiger partial charge is 0.335 e. The maximum atomic E-state index is 13.1. The third-order valence-electron chi connectivity index (χ3n) is 7.69. The lowest BCUT2D eigenvalue weighted by molar-refractivity contribution is -0.119. The van der Waals surface area contributed by atoms with Crippen molar-refractivity contribution in [3.05, 3.63) is 78.0 Å². The number of hydrogen-bond donors (Lipinski definition) is 4. The fraction of sp³-hybridized carbons (Fsp3) is 0.267. The van der Waals surface area contributed by atoms with Gasteiger partial charge in [0.25, 0.3) is 5.91 Å². The Morgan fingerprint density at radius 2 is 1.83 bits per heavy atom. The molecule has 0 aliphatic heterocycles. The van der Waals surface area contributed by atoms with Gasteiger partial charge in [-0.05, 0) is 43.2 Å². The minimum Gasteiger partial charge on any atom is -0.478 e. The Labute approximate surface area is 234 Å². The van der Waals surface area contributed by atoms with E-state index in [1.807, 2.05) is 24.3 Å². The number of imidazole rings is 2. The molecule has 1 aliphatic carbocycles. The van der Waals surface area contributed by atoms with E-state index in [0.29, 0.717) is 16.7 Å². The Morgan fingerprint density at radius 1 is 1.02 bits per heavy atom. The highest BCUT2D eigenvalue weighted by Gasteiger charge is 2.24. The minimum atomic E-state index is -0.996. The van der Waals surface area contributed by atoms with Crippen molar-refractivity contribution in [1.82, 2.24) is 29.8 Å². The van der Waals surface area contributed by atoms with E-state index in [4.69, 9.17) is 10.7 Å². The number of carboxylic acids is 1. The van der Waals surface area contributed by atoms with Gasteiger partial charge in [0.2, 0.25) is 5.91 Å². The van der Waals surface area contributed by atoms with E-state index in [1.54, 1.807) is 30.5 Å². The Balaban J connectivity index is 1.36. The number of carboxylic acid groups (broad SMARTS) is 1. The van der Waals surface area contributed by atoms with Crippen molar-refractivity contribution in [2.45, 2.75) is 50.6 Å². The number of aromatic amines is 1. The first kappa shape index (κ1) is 26.2. The van der Waals surface area contributed by atoms with Crippen LogP contribution in [0.3, 0.4) is 0 Å². The maximum Gasteiger partial charge on any atom is 0.335 e. The number of rotatable bonds is 8. The van der Waals surface area contributed by atoms with Gasteiger partial charge in [-0.1, -0.05) is 37.5 Å². The normalized spacial score (nSPS) is 14.7. The fourth-order valence-corrected chi connectivity index (χ4v) is 5.60. The van der Waals surface area contributed by atoms with Crippen LogP contribution in [0.4, 0.5) is 0 Å². The Morgan fingerprint density at radius 3 is 2.56 bits per heavy atom. The fourth-order valence-electron chi connectivity index (χ4n) is 5.60. The van der Waals surface area contributed by atoms with E-state index in [9.17, 15) is 19.5 Å². The van der Waals surface area contributed by atoms with Crippen LogP contribution >= 0.6 is 0 Å². The average molecular weight is 552 g/mol. The van der Waals surface area contributed by atoms with Gasteiger partial charge in [0, 0.05) is 35.3 Å². The molecule has 11 nitrogen and oxygen atoms in total. The predicted octanol–water partition coefficient (Wildman–Crippen LogP) is 4.00. The van der Waals surface area contributed by atoms with E-state index in [1.165, 1.54) is 12.7 Å². The summed E-state index contributed by atoms with van der Waals surface area (Å²) in [5.41, 5.74) is 9.47. The van der Waals surface area contributed by atoms with Crippen LogP contribution in [0, 0.1) is 0 Å². The molecule has 2 amide bonds. The summed E-state index contributed by atoms with van der Waals surface area (Å²) in [6.07, 6.45) is 8.74. The maximum absolute atomic E-state index is 13.1. The largest absolute Gasteiger partial charge is 0.478 e. The summed E-state index contributed by atoms with van der Waals surface area (Å²) in [6.45, 7) is 0. The molecule has 1 atom stereocenters. The molecule has 41 heavy (non-hydrogen) atoms. The second-order valence-corrected chi connectivity index (χ2v) is 10.4. The van der Waals surface area contributed by atoms with Crippen LogP contribution < -0.4 is 11.1 Å². The lowest BCUT2D eigenvalue weighted by atomic mass is 9.94. The molecule has 0 unspecified atom stereocenters. The van der Waals surface area contributed by atoms with Crippen molar-refractivity contribution in [2.75, 3.05) is 0 Å². The third kappa shape index (κ3) is 5.25. The minimum absolute atomic E-state index is 0.150. The first-order chi connectivity index (χ1) is 19.9. The van der Waals surface area contributed by atoms with Gasteiger partial charge in [0.05, 0.1) is 28.4 Å². The molecule has 1 saturated carbocycles. The predicted molar refractivity (Wildman–Crippen MR) is 152 cm³/mol. The molecule has 6 rings (SSSR count). The van der Waals surface area contributed by atoms with Crippen LogP contribution in [0.25, 0.3) is 33.3 Å². The topological polar surface area (TPSA) is 169 Å². The van der Waals surface area contributed by atoms with Gasteiger partial charge < -0.3 is 25.7 Å². The molecule has 208 valence electrons. The molecule has 3 heterocycles. The summed E-state index contributed by atoms with van der Waals surface area (Å²) in [7, 11) is 0. The van der Waals surface area contributed by atoms with E-state index < -0.39 is 23.8 Å². The highest BCUT2D eigenvalue weighted by atomic mass is 16.4. The van der Waals surface area contributed by atoms with Gasteiger partial charge >= 0.3 is 5.97 Å².